The van der Waals surface area contributed by atoms with E-state index in [1.165, 1.54) is 0 Å². The van der Waals surface area contributed by atoms with Gasteiger partial charge in [0.2, 0.25) is 10.0 Å². The van der Waals surface area contributed by atoms with Crippen LogP contribution in [0.3, 0.4) is 0 Å². The molecule has 0 aromatic heterocycles. The summed E-state index contributed by atoms with van der Waals surface area (Å²) in [7, 11) is -3.24. The Hall–Kier alpha value is -1.40. The maximum Gasteiger partial charge on any atom is 0.313 e. The Balaban J connectivity index is 2.38. The van der Waals surface area contributed by atoms with Crippen LogP contribution in [0.2, 0.25) is 0 Å². The van der Waals surface area contributed by atoms with E-state index in [1.807, 2.05) is 30.3 Å². The topological polar surface area (TPSA) is 72.5 Å². The first kappa shape index (κ1) is 14.7. The largest absolute Gasteiger partial charge is 0.464 e. The highest BCUT2D eigenvalue weighted by Gasteiger charge is 2.16. The van der Waals surface area contributed by atoms with Gasteiger partial charge < -0.3 is 4.74 Å². The molecule has 1 rings (SSSR count). The molecule has 1 N–H and O–H groups in total. The third-order valence-corrected chi connectivity index (χ3v) is 3.09. The molecule has 0 unspecified atom stereocenters. The van der Waals surface area contributed by atoms with Gasteiger partial charge in [0, 0.05) is 6.54 Å². The van der Waals surface area contributed by atoms with Gasteiger partial charge in [0.1, 0.15) is 6.61 Å². The fraction of sp³-hybridized carbons (Fsp3) is 0.417. The number of nitrogens with one attached hydrogen (secondary N) is 1. The molecule has 0 aliphatic heterocycles. The van der Waals surface area contributed by atoms with Crippen LogP contribution >= 0.6 is 0 Å². The van der Waals surface area contributed by atoms with E-state index < -0.39 is 10.0 Å². The van der Waals surface area contributed by atoms with E-state index in [2.05, 4.69) is 4.72 Å². The quantitative estimate of drug-likeness (QED) is 0.616. The lowest BCUT2D eigenvalue weighted by atomic mass is 10.0. The Kier molecular flexibility index (Phi) is 5.30. The molecule has 0 bridgehead atoms. The molecule has 0 fully saturated rings. The van der Waals surface area contributed by atoms with E-state index in [4.69, 9.17) is 4.74 Å². The summed E-state index contributed by atoms with van der Waals surface area (Å²) in [5.41, 5.74) is 0.874. The molecule has 0 saturated carbocycles. The maximum absolute atomic E-state index is 11.7. The second-order valence-electron chi connectivity index (χ2n) is 3.97. The molecule has 0 aliphatic carbocycles. The van der Waals surface area contributed by atoms with Crippen LogP contribution in [0, 0.1) is 0 Å². The Bertz CT molecular complexity index is 484. The molecule has 1 atom stereocenters. The number of esters is 1. The van der Waals surface area contributed by atoms with Gasteiger partial charge in [-0.25, -0.2) is 13.1 Å². The van der Waals surface area contributed by atoms with Gasteiger partial charge in [-0.05, 0) is 12.5 Å². The minimum atomic E-state index is -3.24. The van der Waals surface area contributed by atoms with Gasteiger partial charge in [0.05, 0.1) is 12.2 Å². The Labute approximate surface area is 107 Å². The van der Waals surface area contributed by atoms with Crippen LogP contribution in [0.15, 0.2) is 30.3 Å². The molecular weight excluding hydrogens is 254 g/mol. The van der Waals surface area contributed by atoms with Crippen LogP contribution in [0.5, 0.6) is 0 Å². The number of rotatable bonds is 6. The fourth-order valence-corrected chi connectivity index (χ4v) is 1.84. The molecule has 0 saturated heterocycles. The fourth-order valence-electron chi connectivity index (χ4n) is 1.38. The van der Waals surface area contributed by atoms with Crippen molar-refractivity contribution in [3.63, 3.8) is 0 Å². The SMILES string of the molecule is C[C@@H](C(=O)OCCNS(C)(=O)=O)c1ccccc1. The number of sulfonamides is 1. The van der Waals surface area contributed by atoms with Gasteiger partial charge >= 0.3 is 5.97 Å². The smallest absolute Gasteiger partial charge is 0.313 e. The predicted molar refractivity (Wildman–Crippen MR) is 68.7 cm³/mol. The molecule has 0 amide bonds. The monoisotopic (exact) mass is 271 g/mol. The summed E-state index contributed by atoms with van der Waals surface area (Å²) in [6, 6.07) is 9.27. The van der Waals surface area contributed by atoms with Gasteiger partial charge in [-0.2, -0.15) is 0 Å². The van der Waals surface area contributed by atoms with Crippen molar-refractivity contribution in [2.75, 3.05) is 19.4 Å². The zero-order chi connectivity index (χ0) is 13.6. The minimum absolute atomic E-state index is 0.0308. The Morgan fingerprint density at radius 1 is 1.33 bits per heavy atom. The van der Waals surface area contributed by atoms with Crippen molar-refractivity contribution in [3.05, 3.63) is 35.9 Å². The number of carbonyl (C=O) groups is 1. The van der Waals surface area contributed by atoms with E-state index in [9.17, 15) is 13.2 Å². The zero-order valence-corrected chi connectivity index (χ0v) is 11.2. The van der Waals surface area contributed by atoms with Crippen LogP contribution in [0.4, 0.5) is 0 Å². The van der Waals surface area contributed by atoms with E-state index in [-0.39, 0.29) is 25.0 Å². The summed E-state index contributed by atoms with van der Waals surface area (Å²) >= 11 is 0. The molecule has 1 aromatic rings. The van der Waals surface area contributed by atoms with Crippen molar-refractivity contribution in [2.24, 2.45) is 0 Å². The summed E-state index contributed by atoms with van der Waals surface area (Å²) in [6.07, 6.45) is 1.06. The van der Waals surface area contributed by atoms with Crippen LogP contribution in [0.1, 0.15) is 18.4 Å². The van der Waals surface area contributed by atoms with E-state index >= 15 is 0 Å². The van der Waals surface area contributed by atoms with Gasteiger partial charge in [-0.3, -0.25) is 4.79 Å². The molecule has 0 spiro atoms. The molecule has 0 heterocycles. The van der Waals surface area contributed by atoms with Crippen LogP contribution in [-0.2, 0) is 19.6 Å². The molecule has 6 heteroatoms. The Morgan fingerprint density at radius 3 is 2.50 bits per heavy atom. The Morgan fingerprint density at radius 2 is 1.94 bits per heavy atom. The second kappa shape index (κ2) is 6.51. The van der Waals surface area contributed by atoms with Crippen molar-refractivity contribution in [2.45, 2.75) is 12.8 Å². The summed E-state index contributed by atoms with van der Waals surface area (Å²) in [5, 5.41) is 0. The number of benzene rings is 1. The molecule has 0 radical (unpaired) electrons. The van der Waals surface area contributed by atoms with Crippen LogP contribution < -0.4 is 4.72 Å². The molecule has 0 aliphatic rings. The van der Waals surface area contributed by atoms with E-state index in [0.717, 1.165) is 11.8 Å². The average Bonchev–Trinajstić information content (AvgIpc) is 2.33. The summed E-state index contributed by atoms with van der Waals surface area (Å²) in [6.45, 7) is 1.87. The number of hydrogen-bond acceptors (Lipinski definition) is 4. The van der Waals surface area contributed by atoms with Crippen LogP contribution in [0.25, 0.3) is 0 Å². The van der Waals surface area contributed by atoms with Crippen molar-refractivity contribution in [1.29, 1.82) is 0 Å². The highest BCUT2D eigenvalue weighted by molar-refractivity contribution is 7.88. The first-order valence-electron chi connectivity index (χ1n) is 5.56. The number of ether oxygens (including phenoxy) is 1. The van der Waals surface area contributed by atoms with Crippen molar-refractivity contribution in [3.8, 4) is 0 Å². The lowest BCUT2D eigenvalue weighted by Gasteiger charge is -2.11. The van der Waals surface area contributed by atoms with E-state index in [1.54, 1.807) is 6.92 Å². The van der Waals surface area contributed by atoms with Gasteiger partial charge in [0.15, 0.2) is 0 Å². The first-order valence-corrected chi connectivity index (χ1v) is 7.45. The third-order valence-electron chi connectivity index (χ3n) is 2.36. The molecule has 1 aromatic carbocycles. The maximum atomic E-state index is 11.7. The normalized spacial score (nSPS) is 13.0. The zero-order valence-electron chi connectivity index (χ0n) is 10.4. The van der Waals surface area contributed by atoms with Gasteiger partial charge in [-0.15, -0.1) is 0 Å². The third kappa shape index (κ3) is 5.29. The van der Waals surface area contributed by atoms with Gasteiger partial charge in [0.25, 0.3) is 0 Å². The first-order chi connectivity index (χ1) is 8.40. The second-order valence-corrected chi connectivity index (χ2v) is 5.80. The summed E-state index contributed by atoms with van der Waals surface area (Å²) in [5.74, 6) is -0.721. The van der Waals surface area contributed by atoms with Crippen molar-refractivity contribution < 1.29 is 17.9 Å². The summed E-state index contributed by atoms with van der Waals surface area (Å²) in [4.78, 5) is 11.7. The highest BCUT2D eigenvalue weighted by Crippen LogP contribution is 2.15. The predicted octanol–water partition coefficient (Wildman–Crippen LogP) is 0.882. The number of carbonyl (C=O) groups excluding carboxylic acids is 1. The molecule has 5 nitrogen and oxygen atoms in total. The number of hydrogen-bond donors (Lipinski definition) is 1. The summed E-state index contributed by atoms with van der Waals surface area (Å²) < 4.78 is 28.8. The van der Waals surface area contributed by atoms with Crippen LogP contribution in [-0.4, -0.2) is 33.8 Å². The van der Waals surface area contributed by atoms with Crippen molar-refractivity contribution >= 4 is 16.0 Å². The highest BCUT2D eigenvalue weighted by atomic mass is 32.2. The van der Waals surface area contributed by atoms with Crippen molar-refractivity contribution in [1.82, 2.24) is 4.72 Å². The van der Waals surface area contributed by atoms with Gasteiger partial charge in [-0.1, -0.05) is 30.3 Å². The molecule has 18 heavy (non-hydrogen) atoms. The lowest BCUT2D eigenvalue weighted by molar-refractivity contribution is -0.144. The minimum Gasteiger partial charge on any atom is -0.464 e. The van der Waals surface area contributed by atoms with E-state index in [0.29, 0.717) is 0 Å². The average molecular weight is 271 g/mol. The lowest BCUT2D eigenvalue weighted by Crippen LogP contribution is -2.27. The standard InChI is InChI=1S/C12H17NO4S/c1-10(11-6-4-3-5-7-11)12(14)17-9-8-13-18(2,15)16/h3-7,10,13H,8-9H2,1-2H3/t10-/m1/s1. The molecule has 100 valence electrons. The molecular formula is C12H17NO4S.